The van der Waals surface area contributed by atoms with Crippen LogP contribution in [0, 0.1) is 0 Å². The number of unbranched alkanes of at least 4 members (excludes halogenated alkanes) is 1. The Bertz CT molecular complexity index is 1230. The molecule has 222 valence electrons. The molecule has 3 N–H and O–H groups in total. The van der Waals surface area contributed by atoms with Gasteiger partial charge < -0.3 is 25.0 Å². The molecule has 10 nitrogen and oxygen atoms in total. The van der Waals surface area contributed by atoms with Crippen LogP contribution < -0.4 is 19.7 Å². The van der Waals surface area contributed by atoms with E-state index in [9.17, 15) is 26.4 Å². The summed E-state index contributed by atoms with van der Waals surface area (Å²) in [5.74, 6) is -2.26. The molecule has 1 saturated heterocycles. The van der Waals surface area contributed by atoms with Crippen molar-refractivity contribution in [3.8, 4) is 5.75 Å². The number of carboxylic acids is 1. The largest absolute Gasteiger partial charge is 0.494 e. The van der Waals surface area contributed by atoms with E-state index >= 15 is 0 Å². The van der Waals surface area contributed by atoms with Crippen LogP contribution in [0.1, 0.15) is 37.0 Å². The SMILES string of the molecule is CCCCN(C)C(=O)c1cc(NS(=O)(=O)c2ccc(OCC)cc2)ccc1N1CCNCC1.O=C(O)C(F)(F)F. The minimum Gasteiger partial charge on any atom is -0.494 e. The topological polar surface area (TPSA) is 128 Å². The van der Waals surface area contributed by atoms with Crippen LogP contribution in [0.3, 0.4) is 0 Å². The van der Waals surface area contributed by atoms with Crippen molar-refractivity contribution >= 4 is 33.3 Å². The predicted octanol–water partition coefficient (Wildman–Crippen LogP) is 3.80. The Morgan fingerprint density at radius 2 is 1.70 bits per heavy atom. The number of piperazine rings is 1. The molecule has 1 aliphatic heterocycles. The third kappa shape index (κ3) is 9.59. The molecule has 0 saturated carbocycles. The van der Waals surface area contributed by atoms with E-state index in [4.69, 9.17) is 14.6 Å². The van der Waals surface area contributed by atoms with Crippen molar-refractivity contribution in [3.63, 3.8) is 0 Å². The first kappa shape index (κ1) is 32.7. The molecule has 1 amide bonds. The average Bonchev–Trinajstić information content (AvgIpc) is 2.92. The van der Waals surface area contributed by atoms with Crippen molar-refractivity contribution in [2.75, 3.05) is 56.0 Å². The van der Waals surface area contributed by atoms with E-state index < -0.39 is 22.2 Å². The molecule has 1 heterocycles. The van der Waals surface area contributed by atoms with Crippen LogP contribution in [0.2, 0.25) is 0 Å². The standard InChI is InChI=1S/C24H34N4O4S.C2HF3O2/c1-4-6-15-27(3)24(29)22-18-19(7-12-23(22)28-16-13-25-14-17-28)26-33(30,31)21-10-8-20(9-11-21)32-5-2;3-2(4,5)1(6)7/h7-12,18,25-26H,4-6,13-17H2,1-3H3;(H,6,7). The van der Waals surface area contributed by atoms with Crippen LogP contribution in [-0.4, -0.2) is 82.9 Å². The van der Waals surface area contributed by atoms with Gasteiger partial charge >= 0.3 is 12.1 Å². The molecule has 1 fully saturated rings. The first-order valence-corrected chi connectivity index (χ1v) is 14.2. The fourth-order valence-corrected chi connectivity index (χ4v) is 4.80. The number of nitrogens with zero attached hydrogens (tertiary/aromatic N) is 2. The number of hydrogen-bond acceptors (Lipinski definition) is 7. The Morgan fingerprint density at radius 1 is 1.10 bits per heavy atom. The van der Waals surface area contributed by atoms with Gasteiger partial charge in [0, 0.05) is 51.1 Å². The van der Waals surface area contributed by atoms with Gasteiger partial charge in [0.1, 0.15) is 5.75 Å². The molecule has 0 aromatic heterocycles. The lowest BCUT2D eigenvalue weighted by atomic mass is 10.1. The number of alkyl halides is 3. The zero-order chi connectivity index (χ0) is 29.9. The summed E-state index contributed by atoms with van der Waals surface area (Å²) in [7, 11) is -2.03. The highest BCUT2D eigenvalue weighted by atomic mass is 32.2. The van der Waals surface area contributed by atoms with Gasteiger partial charge in [-0.3, -0.25) is 9.52 Å². The lowest BCUT2D eigenvalue weighted by molar-refractivity contribution is -0.192. The van der Waals surface area contributed by atoms with Crippen molar-refractivity contribution in [2.45, 2.75) is 37.8 Å². The number of sulfonamides is 1. The molecule has 0 spiro atoms. The highest BCUT2D eigenvalue weighted by Gasteiger charge is 2.38. The first-order chi connectivity index (χ1) is 18.8. The lowest BCUT2D eigenvalue weighted by Gasteiger charge is -2.32. The number of carbonyl (C=O) groups is 2. The van der Waals surface area contributed by atoms with Crippen molar-refractivity contribution < 1.29 is 41.0 Å². The highest BCUT2D eigenvalue weighted by molar-refractivity contribution is 7.92. The predicted molar refractivity (Wildman–Crippen MR) is 146 cm³/mol. The van der Waals surface area contributed by atoms with Gasteiger partial charge in [-0.05, 0) is 55.8 Å². The Kier molecular flexibility index (Phi) is 12.1. The van der Waals surface area contributed by atoms with Gasteiger partial charge in [-0.2, -0.15) is 13.2 Å². The summed E-state index contributed by atoms with van der Waals surface area (Å²) in [5.41, 5.74) is 1.69. The van der Waals surface area contributed by atoms with Crippen molar-refractivity contribution in [3.05, 3.63) is 48.0 Å². The number of hydrogen-bond donors (Lipinski definition) is 3. The zero-order valence-electron chi connectivity index (χ0n) is 22.6. The summed E-state index contributed by atoms with van der Waals surface area (Å²) in [6.07, 6.45) is -3.18. The van der Waals surface area contributed by atoms with Gasteiger partial charge in [-0.15, -0.1) is 0 Å². The summed E-state index contributed by atoms with van der Waals surface area (Å²) >= 11 is 0. The fourth-order valence-electron chi connectivity index (χ4n) is 3.75. The highest BCUT2D eigenvalue weighted by Crippen LogP contribution is 2.28. The van der Waals surface area contributed by atoms with E-state index in [0.717, 1.165) is 44.7 Å². The summed E-state index contributed by atoms with van der Waals surface area (Å²) in [4.78, 5) is 26.2. The van der Waals surface area contributed by atoms with E-state index in [1.165, 1.54) is 12.1 Å². The second-order valence-electron chi connectivity index (χ2n) is 8.86. The first-order valence-electron chi connectivity index (χ1n) is 12.7. The number of amides is 1. The number of anilines is 2. The number of aliphatic carboxylic acids is 1. The van der Waals surface area contributed by atoms with Gasteiger partial charge in [0.2, 0.25) is 0 Å². The van der Waals surface area contributed by atoms with Gasteiger partial charge in [-0.25, -0.2) is 13.2 Å². The maximum Gasteiger partial charge on any atom is 0.490 e. The van der Waals surface area contributed by atoms with Crippen LogP contribution in [-0.2, 0) is 14.8 Å². The third-order valence-electron chi connectivity index (χ3n) is 5.82. The second kappa shape index (κ2) is 14.7. The third-order valence-corrected chi connectivity index (χ3v) is 7.22. The molecular formula is C26H35F3N4O6S. The Hall–Kier alpha value is -3.52. The molecular weight excluding hydrogens is 553 g/mol. The molecule has 40 heavy (non-hydrogen) atoms. The Balaban J connectivity index is 0.000000708. The monoisotopic (exact) mass is 588 g/mol. The van der Waals surface area contributed by atoms with Crippen LogP contribution >= 0.6 is 0 Å². The molecule has 0 bridgehead atoms. The van der Waals surface area contributed by atoms with E-state index in [1.54, 1.807) is 36.2 Å². The van der Waals surface area contributed by atoms with Gasteiger partial charge in [-0.1, -0.05) is 13.3 Å². The number of nitrogens with one attached hydrogen (secondary N) is 2. The van der Waals surface area contributed by atoms with E-state index in [2.05, 4.69) is 21.9 Å². The van der Waals surface area contributed by atoms with Crippen LogP contribution in [0.4, 0.5) is 24.5 Å². The summed E-state index contributed by atoms with van der Waals surface area (Å²) in [6, 6.07) is 11.5. The fraction of sp³-hybridized carbons (Fsp3) is 0.462. The molecule has 14 heteroatoms. The molecule has 3 rings (SSSR count). The van der Waals surface area contributed by atoms with Crippen molar-refractivity contribution in [1.82, 2.24) is 10.2 Å². The summed E-state index contributed by atoms with van der Waals surface area (Å²) < 4.78 is 65.6. The minimum atomic E-state index is -5.08. The number of benzene rings is 2. The summed E-state index contributed by atoms with van der Waals surface area (Å²) in [6.45, 7) is 8.37. The molecule has 2 aromatic rings. The zero-order valence-corrected chi connectivity index (χ0v) is 23.4. The Labute approximate surface area is 232 Å². The number of carbonyl (C=O) groups excluding carboxylic acids is 1. The summed E-state index contributed by atoms with van der Waals surface area (Å²) in [5, 5.41) is 10.4. The number of rotatable bonds is 10. The molecule has 0 unspecified atom stereocenters. The lowest BCUT2D eigenvalue weighted by Crippen LogP contribution is -2.44. The maximum absolute atomic E-state index is 13.3. The Morgan fingerprint density at radius 3 is 2.23 bits per heavy atom. The van der Waals surface area contributed by atoms with Gasteiger partial charge in [0.15, 0.2) is 0 Å². The van der Waals surface area contributed by atoms with Crippen LogP contribution in [0.15, 0.2) is 47.4 Å². The minimum absolute atomic E-state index is 0.112. The van der Waals surface area contributed by atoms with Crippen LogP contribution in [0.5, 0.6) is 5.75 Å². The van der Waals surface area contributed by atoms with E-state index in [0.29, 0.717) is 30.2 Å². The molecule has 0 atom stereocenters. The average molecular weight is 589 g/mol. The van der Waals surface area contributed by atoms with Crippen molar-refractivity contribution in [2.24, 2.45) is 0 Å². The smallest absolute Gasteiger partial charge is 0.490 e. The van der Waals surface area contributed by atoms with Gasteiger partial charge in [0.05, 0.1) is 17.1 Å². The number of ether oxygens (including phenoxy) is 1. The quantitative estimate of drug-likeness (QED) is 0.383. The molecule has 2 aromatic carbocycles. The van der Waals surface area contributed by atoms with Crippen molar-refractivity contribution in [1.29, 1.82) is 0 Å². The maximum atomic E-state index is 13.3. The molecule has 0 aliphatic carbocycles. The van der Waals surface area contributed by atoms with E-state index in [-0.39, 0.29) is 10.8 Å². The normalized spacial score (nSPS) is 13.6. The molecule has 0 radical (unpaired) electrons. The second-order valence-corrected chi connectivity index (χ2v) is 10.5. The molecule has 1 aliphatic rings. The number of carboxylic acid groups (broad SMARTS) is 1. The number of halogens is 3. The van der Waals surface area contributed by atoms with Crippen LogP contribution in [0.25, 0.3) is 0 Å². The van der Waals surface area contributed by atoms with Gasteiger partial charge in [0.25, 0.3) is 15.9 Å². The van der Waals surface area contributed by atoms with E-state index in [1.807, 2.05) is 13.0 Å².